The van der Waals surface area contributed by atoms with Crippen molar-refractivity contribution in [2.75, 3.05) is 12.8 Å². The summed E-state index contributed by atoms with van der Waals surface area (Å²) in [6.45, 7) is 0. The highest BCUT2D eigenvalue weighted by Crippen LogP contribution is 2.45. The summed E-state index contributed by atoms with van der Waals surface area (Å²) in [5.74, 6) is 0.783. The Morgan fingerprint density at radius 3 is 2.54 bits per heavy atom. The molecular formula is C10H14N2O. The lowest BCUT2D eigenvalue weighted by molar-refractivity contribution is 0.415. The molecule has 70 valence electrons. The van der Waals surface area contributed by atoms with Gasteiger partial charge in [-0.15, -0.1) is 0 Å². The monoisotopic (exact) mass is 178 g/mol. The van der Waals surface area contributed by atoms with Crippen molar-refractivity contribution in [2.24, 2.45) is 5.73 Å². The van der Waals surface area contributed by atoms with Crippen LogP contribution in [0.25, 0.3) is 0 Å². The van der Waals surface area contributed by atoms with Gasteiger partial charge in [-0.2, -0.15) is 0 Å². The molecule has 0 aromatic heterocycles. The highest BCUT2D eigenvalue weighted by atomic mass is 16.5. The van der Waals surface area contributed by atoms with Crippen LogP contribution in [0.3, 0.4) is 0 Å². The summed E-state index contributed by atoms with van der Waals surface area (Å²) in [5, 5.41) is 0. The van der Waals surface area contributed by atoms with Crippen LogP contribution in [0, 0.1) is 0 Å². The van der Waals surface area contributed by atoms with Crippen molar-refractivity contribution < 1.29 is 4.74 Å². The molecule has 2 rings (SSSR count). The summed E-state index contributed by atoms with van der Waals surface area (Å²) in [6.07, 6.45) is 2.06. The van der Waals surface area contributed by atoms with Crippen molar-refractivity contribution in [3.8, 4) is 5.75 Å². The zero-order valence-electron chi connectivity index (χ0n) is 7.71. The zero-order chi connectivity index (χ0) is 9.47. The standard InChI is InChI=1S/C10H14N2O/c1-13-7-2-3-8(9(11)6-7)10(12)4-5-10/h2-3,6H,4-5,11-12H2,1H3. The first-order chi connectivity index (χ1) is 6.15. The fourth-order valence-corrected chi connectivity index (χ4v) is 1.53. The lowest BCUT2D eigenvalue weighted by Gasteiger charge is -2.13. The predicted octanol–water partition coefficient (Wildman–Crippen LogP) is 1.23. The predicted molar refractivity (Wildman–Crippen MR) is 52.5 cm³/mol. The van der Waals surface area contributed by atoms with Gasteiger partial charge in [0, 0.05) is 17.3 Å². The van der Waals surface area contributed by atoms with Crippen molar-refractivity contribution in [1.82, 2.24) is 0 Å². The molecule has 0 saturated heterocycles. The summed E-state index contributed by atoms with van der Waals surface area (Å²) >= 11 is 0. The highest BCUT2D eigenvalue weighted by Gasteiger charge is 2.41. The minimum absolute atomic E-state index is 0.156. The largest absolute Gasteiger partial charge is 0.497 e. The molecule has 1 fully saturated rings. The van der Waals surface area contributed by atoms with E-state index in [1.54, 1.807) is 7.11 Å². The van der Waals surface area contributed by atoms with Gasteiger partial charge in [0.2, 0.25) is 0 Å². The molecule has 1 aliphatic carbocycles. The minimum Gasteiger partial charge on any atom is -0.497 e. The number of methoxy groups -OCH3 is 1. The highest BCUT2D eigenvalue weighted by molar-refractivity contribution is 5.56. The maximum atomic E-state index is 6.04. The molecule has 3 nitrogen and oxygen atoms in total. The Hall–Kier alpha value is -1.22. The normalized spacial score (nSPS) is 18.3. The van der Waals surface area contributed by atoms with Gasteiger partial charge in [-0.1, -0.05) is 6.07 Å². The summed E-state index contributed by atoms with van der Waals surface area (Å²) in [7, 11) is 1.63. The van der Waals surface area contributed by atoms with E-state index in [1.807, 2.05) is 18.2 Å². The molecule has 4 N–H and O–H groups in total. The van der Waals surface area contributed by atoms with Gasteiger partial charge in [-0.3, -0.25) is 0 Å². The number of anilines is 1. The van der Waals surface area contributed by atoms with E-state index in [9.17, 15) is 0 Å². The number of ether oxygens (including phenoxy) is 1. The number of benzene rings is 1. The van der Waals surface area contributed by atoms with Gasteiger partial charge in [-0.05, 0) is 24.5 Å². The van der Waals surface area contributed by atoms with Crippen molar-refractivity contribution in [3.63, 3.8) is 0 Å². The number of hydrogen-bond acceptors (Lipinski definition) is 3. The van der Waals surface area contributed by atoms with Gasteiger partial charge < -0.3 is 16.2 Å². The van der Waals surface area contributed by atoms with Crippen LogP contribution in [0.2, 0.25) is 0 Å². The van der Waals surface area contributed by atoms with Crippen molar-refractivity contribution in [1.29, 1.82) is 0 Å². The minimum atomic E-state index is -0.156. The molecule has 1 saturated carbocycles. The third-order valence-electron chi connectivity index (χ3n) is 2.58. The van der Waals surface area contributed by atoms with Gasteiger partial charge in [0.1, 0.15) is 5.75 Å². The molecule has 1 aliphatic rings. The Morgan fingerprint density at radius 1 is 1.38 bits per heavy atom. The molecule has 1 aromatic carbocycles. The summed E-state index contributed by atoms with van der Waals surface area (Å²) in [6, 6.07) is 5.68. The average Bonchev–Trinajstić information content (AvgIpc) is 2.84. The Kier molecular flexibility index (Phi) is 1.70. The van der Waals surface area contributed by atoms with Gasteiger partial charge in [-0.25, -0.2) is 0 Å². The van der Waals surface area contributed by atoms with Crippen molar-refractivity contribution in [2.45, 2.75) is 18.4 Å². The van der Waals surface area contributed by atoms with E-state index in [0.29, 0.717) is 0 Å². The lowest BCUT2D eigenvalue weighted by Crippen LogP contribution is -2.20. The fourth-order valence-electron chi connectivity index (χ4n) is 1.53. The van der Waals surface area contributed by atoms with Crippen molar-refractivity contribution in [3.05, 3.63) is 23.8 Å². The Morgan fingerprint density at radius 2 is 2.08 bits per heavy atom. The van der Waals surface area contributed by atoms with E-state index in [4.69, 9.17) is 16.2 Å². The first kappa shape index (κ1) is 8.38. The average molecular weight is 178 g/mol. The summed E-state index contributed by atoms with van der Waals surface area (Å²) in [4.78, 5) is 0. The lowest BCUT2D eigenvalue weighted by atomic mass is 10.0. The van der Waals surface area contributed by atoms with Crippen LogP contribution in [-0.4, -0.2) is 7.11 Å². The quantitative estimate of drug-likeness (QED) is 0.669. The fraction of sp³-hybridized carbons (Fsp3) is 0.400. The first-order valence-electron chi connectivity index (χ1n) is 4.38. The van der Waals surface area contributed by atoms with Gasteiger partial charge in [0.25, 0.3) is 0 Å². The van der Waals surface area contributed by atoms with Gasteiger partial charge >= 0.3 is 0 Å². The van der Waals surface area contributed by atoms with Gasteiger partial charge in [0.15, 0.2) is 0 Å². The smallest absolute Gasteiger partial charge is 0.120 e. The second kappa shape index (κ2) is 2.64. The SMILES string of the molecule is COc1ccc(C2(N)CC2)c(N)c1. The number of nitrogens with two attached hydrogens (primary N) is 2. The second-order valence-corrected chi connectivity index (χ2v) is 3.61. The number of nitrogen functional groups attached to an aromatic ring is 1. The van der Waals surface area contributed by atoms with Crippen LogP contribution in [-0.2, 0) is 5.54 Å². The van der Waals surface area contributed by atoms with E-state index in [0.717, 1.165) is 29.8 Å². The number of hydrogen-bond donors (Lipinski definition) is 2. The molecule has 13 heavy (non-hydrogen) atoms. The van der Waals surface area contributed by atoms with Crippen LogP contribution >= 0.6 is 0 Å². The van der Waals surface area contributed by atoms with E-state index >= 15 is 0 Å². The summed E-state index contributed by atoms with van der Waals surface area (Å²) in [5.41, 5.74) is 13.5. The molecular weight excluding hydrogens is 164 g/mol. The van der Waals surface area contributed by atoms with E-state index < -0.39 is 0 Å². The maximum Gasteiger partial charge on any atom is 0.120 e. The topological polar surface area (TPSA) is 61.3 Å². The van der Waals surface area contributed by atoms with Crippen LogP contribution in [0.5, 0.6) is 5.75 Å². The Bertz CT molecular complexity index is 332. The van der Waals surface area contributed by atoms with Crippen LogP contribution in [0.4, 0.5) is 5.69 Å². The third-order valence-corrected chi connectivity index (χ3v) is 2.58. The van der Waals surface area contributed by atoms with E-state index in [2.05, 4.69) is 0 Å². The van der Waals surface area contributed by atoms with Crippen LogP contribution < -0.4 is 16.2 Å². The maximum absolute atomic E-state index is 6.04. The molecule has 0 radical (unpaired) electrons. The van der Waals surface area contributed by atoms with Crippen molar-refractivity contribution >= 4 is 5.69 Å². The molecule has 0 bridgehead atoms. The molecule has 0 aliphatic heterocycles. The third kappa shape index (κ3) is 1.35. The molecule has 0 atom stereocenters. The molecule has 0 unspecified atom stereocenters. The van der Waals surface area contributed by atoms with E-state index in [-0.39, 0.29) is 5.54 Å². The first-order valence-corrected chi connectivity index (χ1v) is 4.38. The zero-order valence-corrected chi connectivity index (χ0v) is 7.71. The molecule has 0 heterocycles. The van der Waals surface area contributed by atoms with Crippen LogP contribution in [0.15, 0.2) is 18.2 Å². The van der Waals surface area contributed by atoms with Crippen LogP contribution in [0.1, 0.15) is 18.4 Å². The molecule has 1 aromatic rings. The Labute approximate surface area is 77.7 Å². The number of rotatable bonds is 2. The molecule has 3 heteroatoms. The summed E-state index contributed by atoms with van der Waals surface area (Å²) < 4.78 is 5.06. The molecule has 0 spiro atoms. The van der Waals surface area contributed by atoms with Gasteiger partial charge in [0.05, 0.1) is 7.11 Å². The van der Waals surface area contributed by atoms with E-state index in [1.165, 1.54) is 0 Å². The molecule has 0 amide bonds. The Balaban J connectivity index is 2.38. The second-order valence-electron chi connectivity index (χ2n) is 3.61.